The average molecular weight is 381 g/mol. The van der Waals surface area contributed by atoms with Crippen LogP contribution in [0.25, 0.3) is 5.69 Å². The van der Waals surface area contributed by atoms with E-state index in [-0.39, 0.29) is 33.5 Å². The van der Waals surface area contributed by atoms with Crippen LogP contribution in [-0.2, 0) is 12.6 Å². The first kappa shape index (κ1) is 18.6. The fraction of sp³-hybridized carbons (Fsp3) is 0.333. The predicted octanol–water partition coefficient (Wildman–Crippen LogP) is 4.52. The molecule has 24 heavy (non-hydrogen) atoms. The molecule has 0 aliphatic heterocycles. The molecule has 0 N–H and O–H groups in total. The molecule has 130 valence electrons. The van der Waals surface area contributed by atoms with Crippen LogP contribution < -0.4 is 10.3 Å². The van der Waals surface area contributed by atoms with Crippen LogP contribution in [0.2, 0.25) is 10.0 Å². The van der Waals surface area contributed by atoms with Gasteiger partial charge in [0.1, 0.15) is 5.75 Å². The number of halogens is 5. The van der Waals surface area contributed by atoms with Crippen LogP contribution >= 0.6 is 23.2 Å². The Morgan fingerprint density at radius 2 is 1.88 bits per heavy atom. The van der Waals surface area contributed by atoms with Gasteiger partial charge >= 0.3 is 6.18 Å². The third-order valence-electron chi connectivity index (χ3n) is 3.27. The molecule has 0 spiro atoms. The Labute approximate surface area is 145 Å². The van der Waals surface area contributed by atoms with Crippen molar-refractivity contribution in [1.29, 1.82) is 0 Å². The van der Waals surface area contributed by atoms with Crippen molar-refractivity contribution in [1.82, 2.24) is 9.78 Å². The van der Waals surface area contributed by atoms with Gasteiger partial charge in [-0.3, -0.25) is 4.79 Å². The van der Waals surface area contributed by atoms with Crippen LogP contribution in [0.4, 0.5) is 13.2 Å². The second-order valence-corrected chi connectivity index (χ2v) is 5.59. The highest BCUT2D eigenvalue weighted by Crippen LogP contribution is 2.34. The Morgan fingerprint density at radius 1 is 1.21 bits per heavy atom. The van der Waals surface area contributed by atoms with Crippen LogP contribution in [0.1, 0.15) is 25.0 Å². The highest BCUT2D eigenvalue weighted by molar-refractivity contribution is 6.36. The fourth-order valence-corrected chi connectivity index (χ4v) is 2.71. The monoisotopic (exact) mass is 380 g/mol. The van der Waals surface area contributed by atoms with Gasteiger partial charge in [0.15, 0.2) is 0 Å². The van der Waals surface area contributed by atoms with Crippen molar-refractivity contribution in [3.05, 3.63) is 49.9 Å². The van der Waals surface area contributed by atoms with E-state index in [1.54, 1.807) is 6.92 Å². The lowest BCUT2D eigenvalue weighted by Gasteiger charge is -2.15. The van der Waals surface area contributed by atoms with Crippen molar-refractivity contribution in [2.45, 2.75) is 26.4 Å². The van der Waals surface area contributed by atoms with Gasteiger partial charge in [-0.1, -0.05) is 30.1 Å². The molecule has 0 saturated carbocycles. The van der Waals surface area contributed by atoms with Gasteiger partial charge in [-0.25, -0.2) is 0 Å². The first-order valence-corrected chi connectivity index (χ1v) is 7.76. The lowest BCUT2D eigenvalue weighted by Crippen LogP contribution is -2.29. The summed E-state index contributed by atoms with van der Waals surface area (Å²) in [6, 6.07) is 2.72. The predicted molar refractivity (Wildman–Crippen MR) is 85.4 cm³/mol. The minimum atomic E-state index is -4.66. The number of hydrogen-bond donors (Lipinski definition) is 0. The number of nitrogens with zero attached hydrogens (tertiary/aromatic N) is 2. The van der Waals surface area contributed by atoms with Crippen molar-refractivity contribution < 1.29 is 17.9 Å². The Hall–Kier alpha value is -1.73. The molecule has 1 aromatic carbocycles. The first-order chi connectivity index (χ1) is 11.2. The second-order valence-electron chi connectivity index (χ2n) is 4.77. The maximum atomic E-state index is 13.0. The zero-order valence-corrected chi connectivity index (χ0v) is 14.3. The van der Waals surface area contributed by atoms with Gasteiger partial charge in [-0.05, 0) is 19.4 Å². The minimum Gasteiger partial charge on any atom is -0.492 e. The third-order valence-corrected chi connectivity index (χ3v) is 3.86. The molecule has 4 nitrogen and oxygen atoms in total. The van der Waals surface area contributed by atoms with Crippen LogP contribution in [0, 0.1) is 0 Å². The summed E-state index contributed by atoms with van der Waals surface area (Å²) >= 11 is 12.1. The number of benzene rings is 1. The summed E-state index contributed by atoms with van der Waals surface area (Å²) in [4.78, 5) is 12.4. The summed E-state index contributed by atoms with van der Waals surface area (Å²) in [6.45, 7) is 3.52. The average Bonchev–Trinajstić information content (AvgIpc) is 2.49. The molecule has 0 aliphatic rings. The summed E-state index contributed by atoms with van der Waals surface area (Å²) in [5.41, 5.74) is -2.24. The van der Waals surface area contributed by atoms with E-state index >= 15 is 0 Å². The van der Waals surface area contributed by atoms with Crippen LogP contribution in [0.5, 0.6) is 5.75 Å². The van der Waals surface area contributed by atoms with E-state index in [0.717, 1.165) is 4.68 Å². The van der Waals surface area contributed by atoms with E-state index in [0.29, 0.717) is 12.8 Å². The molecule has 2 aromatic rings. The van der Waals surface area contributed by atoms with E-state index in [4.69, 9.17) is 27.9 Å². The van der Waals surface area contributed by atoms with Crippen molar-refractivity contribution >= 4 is 23.2 Å². The van der Waals surface area contributed by atoms with Gasteiger partial charge < -0.3 is 4.74 Å². The first-order valence-electron chi connectivity index (χ1n) is 7.01. The van der Waals surface area contributed by atoms with Crippen LogP contribution in [0.15, 0.2) is 23.1 Å². The van der Waals surface area contributed by atoms with Gasteiger partial charge in [-0.2, -0.15) is 23.0 Å². The maximum absolute atomic E-state index is 13.0. The van der Waals surface area contributed by atoms with Crippen molar-refractivity contribution in [3.63, 3.8) is 0 Å². The van der Waals surface area contributed by atoms with Crippen molar-refractivity contribution in [2.75, 3.05) is 6.61 Å². The number of alkyl halides is 3. The van der Waals surface area contributed by atoms with Gasteiger partial charge in [0.25, 0.3) is 5.56 Å². The summed E-state index contributed by atoms with van der Waals surface area (Å²) < 4.78 is 45.1. The molecular weight excluding hydrogens is 368 g/mol. The maximum Gasteiger partial charge on any atom is 0.418 e. The second kappa shape index (κ2) is 7.03. The quantitative estimate of drug-likeness (QED) is 0.782. The summed E-state index contributed by atoms with van der Waals surface area (Å²) in [6.07, 6.45) is -4.14. The molecule has 0 saturated heterocycles. The largest absolute Gasteiger partial charge is 0.492 e. The highest BCUT2D eigenvalue weighted by atomic mass is 35.5. The number of aromatic nitrogens is 2. The van der Waals surface area contributed by atoms with E-state index in [2.05, 4.69) is 5.10 Å². The number of rotatable bonds is 4. The molecule has 1 aromatic heterocycles. The lowest BCUT2D eigenvalue weighted by molar-refractivity contribution is -0.138. The summed E-state index contributed by atoms with van der Waals surface area (Å²) in [7, 11) is 0. The topological polar surface area (TPSA) is 44.1 Å². The molecule has 0 aliphatic carbocycles. The van der Waals surface area contributed by atoms with Gasteiger partial charge in [-0.15, -0.1) is 0 Å². The molecule has 0 radical (unpaired) electrons. The standard InChI is InChI=1S/C15H13Cl2F3N2O2/c1-3-8-9(15(18,19)20)7-21-22(14(8)23)12-6-13(24-4-2)11(17)5-10(12)16/h5-7H,3-4H2,1-2H3. The molecule has 0 fully saturated rings. The fourth-order valence-electron chi connectivity index (χ4n) is 2.19. The Kier molecular flexibility index (Phi) is 5.45. The highest BCUT2D eigenvalue weighted by Gasteiger charge is 2.35. The zero-order valence-electron chi connectivity index (χ0n) is 12.7. The van der Waals surface area contributed by atoms with Crippen molar-refractivity contribution in [2.24, 2.45) is 0 Å². The molecule has 1 heterocycles. The van der Waals surface area contributed by atoms with Crippen LogP contribution in [-0.4, -0.2) is 16.4 Å². The normalized spacial score (nSPS) is 11.6. The SMILES string of the molecule is CCOc1cc(-n2ncc(C(F)(F)F)c(CC)c2=O)c(Cl)cc1Cl. The summed E-state index contributed by atoms with van der Waals surface area (Å²) in [5, 5.41) is 3.91. The molecule has 0 atom stereocenters. The Bertz CT molecular complexity index is 820. The summed E-state index contributed by atoms with van der Waals surface area (Å²) in [5.74, 6) is 0.255. The molecule has 0 amide bonds. The van der Waals surface area contributed by atoms with Crippen LogP contribution in [0.3, 0.4) is 0 Å². The number of hydrogen-bond acceptors (Lipinski definition) is 3. The van der Waals surface area contributed by atoms with E-state index in [9.17, 15) is 18.0 Å². The minimum absolute atomic E-state index is 0.0693. The lowest BCUT2D eigenvalue weighted by atomic mass is 10.1. The third kappa shape index (κ3) is 3.52. The Morgan fingerprint density at radius 3 is 2.42 bits per heavy atom. The van der Waals surface area contributed by atoms with E-state index < -0.39 is 17.3 Å². The molecular formula is C15H13Cl2F3N2O2. The van der Waals surface area contributed by atoms with E-state index in [1.165, 1.54) is 19.1 Å². The molecule has 9 heteroatoms. The van der Waals surface area contributed by atoms with Gasteiger partial charge in [0.2, 0.25) is 0 Å². The Balaban J connectivity index is 2.70. The zero-order chi connectivity index (χ0) is 18.1. The van der Waals surface area contributed by atoms with Crippen molar-refractivity contribution in [3.8, 4) is 11.4 Å². The number of ether oxygens (including phenoxy) is 1. The molecule has 2 rings (SSSR count). The smallest absolute Gasteiger partial charge is 0.418 e. The molecule has 0 bridgehead atoms. The molecule has 0 unspecified atom stereocenters. The van der Waals surface area contributed by atoms with Gasteiger partial charge in [0.05, 0.1) is 34.1 Å². The van der Waals surface area contributed by atoms with Gasteiger partial charge in [0, 0.05) is 11.6 Å². The van der Waals surface area contributed by atoms with E-state index in [1.807, 2.05) is 0 Å².